The second-order valence-electron chi connectivity index (χ2n) is 4.60. The lowest BCUT2D eigenvalue weighted by atomic mass is 10.0. The molecule has 2 rings (SSSR count). The monoisotopic (exact) mass is 228 g/mol. The summed E-state index contributed by atoms with van der Waals surface area (Å²) in [5.41, 5.74) is 5.41. The van der Waals surface area contributed by atoms with Gasteiger partial charge in [0.15, 0.2) is 0 Å². The smallest absolute Gasteiger partial charge is 0.222 e. The van der Waals surface area contributed by atoms with Crippen LogP contribution in [0.2, 0.25) is 0 Å². The molecule has 4 heteroatoms. The number of hydrogen-bond donors (Lipinski definition) is 2. The summed E-state index contributed by atoms with van der Waals surface area (Å²) in [5.74, 6) is 2.48. The van der Waals surface area contributed by atoms with Crippen LogP contribution in [0.3, 0.4) is 0 Å². The largest absolute Gasteiger partial charge is 0.369 e. The minimum absolute atomic E-state index is 0.0829. The van der Waals surface area contributed by atoms with Crippen LogP contribution < -0.4 is 11.1 Å². The standard InChI is InChI=1S/C11H20N2OS/c12-11(14)9-2-1-3-10(9)13-8-4-6-15-7-5-8/h8-10,13H,1-7H2,(H2,12,14). The Balaban J connectivity index is 1.84. The van der Waals surface area contributed by atoms with Gasteiger partial charge < -0.3 is 11.1 Å². The van der Waals surface area contributed by atoms with Gasteiger partial charge in [-0.15, -0.1) is 0 Å². The van der Waals surface area contributed by atoms with Gasteiger partial charge >= 0.3 is 0 Å². The second kappa shape index (κ2) is 5.21. The van der Waals surface area contributed by atoms with E-state index in [0.717, 1.165) is 19.3 Å². The van der Waals surface area contributed by atoms with E-state index in [-0.39, 0.29) is 11.8 Å². The van der Waals surface area contributed by atoms with E-state index in [4.69, 9.17) is 5.73 Å². The zero-order valence-electron chi connectivity index (χ0n) is 9.08. The fraction of sp³-hybridized carbons (Fsp3) is 0.909. The number of thioether (sulfide) groups is 1. The van der Waals surface area contributed by atoms with E-state index in [1.54, 1.807) is 0 Å². The number of primary amides is 1. The fourth-order valence-electron chi connectivity index (χ4n) is 2.67. The van der Waals surface area contributed by atoms with Crippen LogP contribution in [0.1, 0.15) is 32.1 Å². The molecule has 0 aromatic heterocycles. The van der Waals surface area contributed by atoms with Crippen molar-refractivity contribution in [3.8, 4) is 0 Å². The van der Waals surface area contributed by atoms with Crippen LogP contribution in [0.5, 0.6) is 0 Å². The molecule has 15 heavy (non-hydrogen) atoms. The van der Waals surface area contributed by atoms with Gasteiger partial charge in [0.05, 0.1) is 5.92 Å². The highest BCUT2D eigenvalue weighted by Crippen LogP contribution is 2.27. The van der Waals surface area contributed by atoms with Crippen LogP contribution in [0.25, 0.3) is 0 Å². The molecule has 0 aromatic rings. The SMILES string of the molecule is NC(=O)C1CCCC1NC1CCSCC1. The third-order valence-electron chi connectivity index (χ3n) is 3.55. The van der Waals surface area contributed by atoms with Crippen LogP contribution in [0.4, 0.5) is 0 Å². The number of nitrogens with one attached hydrogen (secondary N) is 1. The van der Waals surface area contributed by atoms with E-state index in [1.165, 1.54) is 24.3 Å². The summed E-state index contributed by atoms with van der Waals surface area (Å²) in [5, 5.41) is 3.64. The number of nitrogens with two attached hydrogens (primary N) is 1. The predicted molar refractivity (Wildman–Crippen MR) is 63.8 cm³/mol. The molecular weight excluding hydrogens is 208 g/mol. The van der Waals surface area contributed by atoms with Crippen molar-refractivity contribution in [2.24, 2.45) is 11.7 Å². The molecule has 86 valence electrons. The molecule has 2 fully saturated rings. The van der Waals surface area contributed by atoms with Crippen molar-refractivity contribution < 1.29 is 4.79 Å². The van der Waals surface area contributed by atoms with Crippen molar-refractivity contribution in [2.45, 2.75) is 44.2 Å². The maximum absolute atomic E-state index is 11.2. The lowest BCUT2D eigenvalue weighted by Crippen LogP contribution is -2.45. The van der Waals surface area contributed by atoms with Gasteiger partial charge in [0.1, 0.15) is 0 Å². The molecule has 1 amide bonds. The predicted octanol–water partition coefficient (Wildman–Crippen LogP) is 1.13. The average Bonchev–Trinajstić information content (AvgIpc) is 2.67. The van der Waals surface area contributed by atoms with Crippen molar-refractivity contribution in [2.75, 3.05) is 11.5 Å². The first kappa shape index (κ1) is 11.3. The maximum Gasteiger partial charge on any atom is 0.222 e. The highest BCUT2D eigenvalue weighted by atomic mass is 32.2. The summed E-state index contributed by atoms with van der Waals surface area (Å²) < 4.78 is 0. The van der Waals surface area contributed by atoms with E-state index in [2.05, 4.69) is 5.32 Å². The van der Waals surface area contributed by atoms with Crippen molar-refractivity contribution >= 4 is 17.7 Å². The quantitative estimate of drug-likeness (QED) is 0.761. The van der Waals surface area contributed by atoms with Crippen LogP contribution in [0, 0.1) is 5.92 Å². The van der Waals surface area contributed by atoms with Gasteiger partial charge in [0.2, 0.25) is 5.91 Å². The van der Waals surface area contributed by atoms with Gasteiger partial charge in [-0.2, -0.15) is 11.8 Å². The zero-order chi connectivity index (χ0) is 10.7. The summed E-state index contributed by atoms with van der Waals surface area (Å²) >= 11 is 2.03. The van der Waals surface area contributed by atoms with Crippen molar-refractivity contribution in [3.05, 3.63) is 0 Å². The van der Waals surface area contributed by atoms with Gasteiger partial charge in [-0.05, 0) is 37.2 Å². The van der Waals surface area contributed by atoms with Gasteiger partial charge in [0.25, 0.3) is 0 Å². The summed E-state index contributed by atoms with van der Waals surface area (Å²) in [7, 11) is 0. The molecule has 3 N–H and O–H groups in total. The number of carbonyl (C=O) groups is 1. The topological polar surface area (TPSA) is 55.1 Å². The number of amides is 1. The lowest BCUT2D eigenvalue weighted by Gasteiger charge is -2.28. The number of rotatable bonds is 3. The molecule has 2 aliphatic rings. The molecule has 1 saturated carbocycles. The molecular formula is C11H20N2OS. The maximum atomic E-state index is 11.2. The van der Waals surface area contributed by atoms with E-state index >= 15 is 0 Å². The Bertz CT molecular complexity index is 229. The van der Waals surface area contributed by atoms with E-state index in [9.17, 15) is 4.79 Å². The third kappa shape index (κ3) is 2.88. The fourth-order valence-corrected chi connectivity index (χ4v) is 3.77. The summed E-state index contributed by atoms with van der Waals surface area (Å²) in [6.45, 7) is 0. The Morgan fingerprint density at radius 1 is 1.20 bits per heavy atom. The van der Waals surface area contributed by atoms with E-state index < -0.39 is 0 Å². The Kier molecular flexibility index (Phi) is 3.92. The highest BCUT2D eigenvalue weighted by Gasteiger charge is 2.32. The average molecular weight is 228 g/mol. The van der Waals surface area contributed by atoms with Crippen LogP contribution in [0.15, 0.2) is 0 Å². The van der Waals surface area contributed by atoms with Crippen LogP contribution in [-0.2, 0) is 4.79 Å². The molecule has 1 aliphatic heterocycles. The van der Waals surface area contributed by atoms with Gasteiger partial charge in [-0.3, -0.25) is 4.79 Å². The number of carbonyl (C=O) groups excluding carboxylic acids is 1. The first-order chi connectivity index (χ1) is 7.27. The van der Waals surface area contributed by atoms with E-state index in [0.29, 0.717) is 12.1 Å². The van der Waals surface area contributed by atoms with Crippen molar-refractivity contribution in [1.29, 1.82) is 0 Å². The Labute approximate surface area is 95.6 Å². The van der Waals surface area contributed by atoms with Gasteiger partial charge in [-0.25, -0.2) is 0 Å². The zero-order valence-corrected chi connectivity index (χ0v) is 9.89. The normalized spacial score (nSPS) is 33.1. The number of hydrogen-bond acceptors (Lipinski definition) is 3. The Morgan fingerprint density at radius 3 is 2.60 bits per heavy atom. The van der Waals surface area contributed by atoms with Gasteiger partial charge in [-0.1, -0.05) is 6.42 Å². The molecule has 2 unspecified atom stereocenters. The van der Waals surface area contributed by atoms with E-state index in [1.807, 2.05) is 11.8 Å². The first-order valence-electron chi connectivity index (χ1n) is 5.90. The minimum atomic E-state index is -0.116. The molecule has 0 spiro atoms. The first-order valence-corrected chi connectivity index (χ1v) is 7.06. The minimum Gasteiger partial charge on any atom is -0.369 e. The molecule has 0 aromatic carbocycles. The molecule has 0 radical (unpaired) electrons. The lowest BCUT2D eigenvalue weighted by molar-refractivity contribution is -0.122. The molecule has 1 saturated heterocycles. The molecule has 1 aliphatic carbocycles. The van der Waals surface area contributed by atoms with Crippen LogP contribution >= 0.6 is 11.8 Å². The van der Waals surface area contributed by atoms with Gasteiger partial charge in [0, 0.05) is 12.1 Å². The molecule has 1 heterocycles. The molecule has 3 nitrogen and oxygen atoms in total. The second-order valence-corrected chi connectivity index (χ2v) is 5.82. The van der Waals surface area contributed by atoms with Crippen molar-refractivity contribution in [1.82, 2.24) is 5.32 Å². The Morgan fingerprint density at radius 2 is 1.93 bits per heavy atom. The summed E-state index contributed by atoms with van der Waals surface area (Å²) in [6.07, 6.45) is 5.73. The summed E-state index contributed by atoms with van der Waals surface area (Å²) in [6, 6.07) is 0.979. The molecule has 0 bridgehead atoms. The van der Waals surface area contributed by atoms with Crippen molar-refractivity contribution in [3.63, 3.8) is 0 Å². The van der Waals surface area contributed by atoms with Crippen LogP contribution in [-0.4, -0.2) is 29.5 Å². The Hall–Kier alpha value is -0.220. The molecule has 2 atom stereocenters. The third-order valence-corrected chi connectivity index (χ3v) is 4.60. The highest BCUT2D eigenvalue weighted by molar-refractivity contribution is 7.99. The summed E-state index contributed by atoms with van der Waals surface area (Å²) in [4.78, 5) is 11.2.